The second kappa shape index (κ2) is 10.7. The molecule has 0 amide bonds. The molecular formula is C28H43N7O2. The third-order valence-corrected chi connectivity index (χ3v) is 8.95. The van der Waals surface area contributed by atoms with Crippen LogP contribution in [0.5, 0.6) is 0 Å². The van der Waals surface area contributed by atoms with Crippen LogP contribution in [0.1, 0.15) is 64.1 Å². The van der Waals surface area contributed by atoms with Gasteiger partial charge in [-0.2, -0.15) is 0 Å². The van der Waals surface area contributed by atoms with Gasteiger partial charge >= 0.3 is 0 Å². The van der Waals surface area contributed by atoms with Gasteiger partial charge in [0.05, 0.1) is 5.41 Å². The first-order valence-corrected chi connectivity index (χ1v) is 14.1. The van der Waals surface area contributed by atoms with Gasteiger partial charge in [-0.15, -0.1) is 0 Å². The van der Waals surface area contributed by atoms with E-state index in [0.717, 1.165) is 83.1 Å². The van der Waals surface area contributed by atoms with Crippen molar-refractivity contribution < 1.29 is 9.90 Å². The number of Topliss-reactive ketones (excluding diaryl/α,β-unsaturated/α-hetero) is 1. The Kier molecular flexibility index (Phi) is 7.54. The highest BCUT2D eigenvalue weighted by atomic mass is 16.3. The molecule has 5 rings (SSSR count). The summed E-state index contributed by atoms with van der Waals surface area (Å²) in [5.41, 5.74) is -0.0710. The van der Waals surface area contributed by atoms with Gasteiger partial charge in [-0.3, -0.25) is 10.2 Å². The Balaban J connectivity index is 1.54. The van der Waals surface area contributed by atoms with Crippen LogP contribution in [-0.2, 0) is 4.79 Å². The molecule has 0 aromatic carbocycles. The van der Waals surface area contributed by atoms with E-state index in [-0.39, 0.29) is 23.3 Å². The summed E-state index contributed by atoms with van der Waals surface area (Å²) in [6, 6.07) is 2.38. The molecule has 1 saturated carbocycles. The summed E-state index contributed by atoms with van der Waals surface area (Å²) in [7, 11) is 4.30. The van der Waals surface area contributed by atoms with E-state index in [9.17, 15) is 15.3 Å². The Hall–Kier alpha value is -2.52. The molecule has 9 nitrogen and oxygen atoms in total. The lowest BCUT2D eigenvalue weighted by Crippen LogP contribution is -2.45. The number of carbonyl (C=O) groups excluding carboxylic acids is 1. The third kappa shape index (κ3) is 5.12. The molecule has 0 radical (unpaired) electrons. The van der Waals surface area contributed by atoms with Crippen LogP contribution in [0.2, 0.25) is 0 Å². The lowest BCUT2D eigenvalue weighted by molar-refractivity contribution is -0.131. The molecule has 9 heteroatoms. The van der Waals surface area contributed by atoms with E-state index in [4.69, 9.17) is 9.97 Å². The molecule has 2 atom stereocenters. The molecule has 0 bridgehead atoms. The van der Waals surface area contributed by atoms with E-state index in [1.165, 1.54) is 0 Å². The number of ketones is 1. The van der Waals surface area contributed by atoms with E-state index >= 15 is 0 Å². The Morgan fingerprint density at radius 1 is 0.946 bits per heavy atom. The van der Waals surface area contributed by atoms with Crippen molar-refractivity contribution in [3.63, 3.8) is 0 Å². The number of aliphatic hydroxyl groups excluding tert-OH is 1. The number of aromatic nitrogens is 2. The molecule has 202 valence electrons. The molecule has 4 aliphatic rings. The monoisotopic (exact) mass is 509 g/mol. The summed E-state index contributed by atoms with van der Waals surface area (Å²) in [6.45, 7) is 8.84. The van der Waals surface area contributed by atoms with Gasteiger partial charge in [-0.25, -0.2) is 9.97 Å². The van der Waals surface area contributed by atoms with Gasteiger partial charge in [0.15, 0.2) is 5.82 Å². The molecule has 2 aliphatic carbocycles. The highest BCUT2D eigenvalue weighted by Gasteiger charge is 2.47. The number of nitrogens with zero attached hydrogens (tertiary/aromatic N) is 6. The molecule has 1 spiro atoms. The molecule has 2 aliphatic heterocycles. The van der Waals surface area contributed by atoms with Gasteiger partial charge in [0.25, 0.3) is 0 Å². The van der Waals surface area contributed by atoms with Crippen molar-refractivity contribution in [2.45, 2.75) is 64.3 Å². The molecule has 0 unspecified atom stereocenters. The molecule has 37 heavy (non-hydrogen) atoms. The number of hydrogen-bond donors (Lipinski definition) is 2. The Morgan fingerprint density at radius 3 is 2.43 bits per heavy atom. The van der Waals surface area contributed by atoms with Crippen LogP contribution < -0.4 is 9.80 Å². The number of piperazine rings is 1. The first-order valence-electron chi connectivity index (χ1n) is 14.1. The molecule has 2 N–H and O–H groups in total. The number of anilines is 2. The fourth-order valence-electron chi connectivity index (χ4n) is 6.67. The van der Waals surface area contributed by atoms with E-state index in [2.05, 4.69) is 46.7 Å². The standard InChI is InChI=1S/C28H43N7O2/c1-20-19-33(3)12-7-13-35(20)24-18-23(34-16-14-32(2)15-17-34)30-27(31-24)25(29)21-8-6-11-28(26(21)37)10-5-4-9-22(28)36/h18,20,29,37H,4-17,19H2,1-3H3/t20-,28+/m0/s1. The van der Waals surface area contributed by atoms with Crippen molar-refractivity contribution in [3.8, 4) is 0 Å². The van der Waals surface area contributed by atoms with E-state index < -0.39 is 5.41 Å². The Bertz CT molecular complexity index is 1060. The van der Waals surface area contributed by atoms with Crippen LogP contribution >= 0.6 is 0 Å². The van der Waals surface area contributed by atoms with Crippen molar-refractivity contribution >= 4 is 23.1 Å². The number of nitrogens with one attached hydrogen (secondary N) is 1. The quantitative estimate of drug-likeness (QED) is 0.597. The number of allylic oxidation sites excluding steroid dienone is 2. The lowest BCUT2D eigenvalue weighted by Gasteiger charge is -2.39. The summed E-state index contributed by atoms with van der Waals surface area (Å²) in [6.07, 6.45) is 6.15. The smallest absolute Gasteiger partial charge is 0.181 e. The van der Waals surface area contributed by atoms with Crippen LogP contribution in [0.4, 0.5) is 11.6 Å². The second-order valence-electron chi connectivity index (χ2n) is 11.6. The maximum atomic E-state index is 13.0. The van der Waals surface area contributed by atoms with Crippen molar-refractivity contribution in [1.82, 2.24) is 19.8 Å². The summed E-state index contributed by atoms with van der Waals surface area (Å²) < 4.78 is 0. The van der Waals surface area contributed by atoms with Crippen molar-refractivity contribution in [2.75, 3.05) is 69.7 Å². The fraction of sp³-hybridized carbons (Fsp3) is 0.714. The van der Waals surface area contributed by atoms with Crippen molar-refractivity contribution in [1.29, 1.82) is 5.41 Å². The van der Waals surface area contributed by atoms with Gasteiger partial charge < -0.3 is 24.7 Å². The fourth-order valence-corrected chi connectivity index (χ4v) is 6.67. The zero-order valence-corrected chi connectivity index (χ0v) is 22.8. The predicted molar refractivity (Wildman–Crippen MR) is 147 cm³/mol. The average Bonchev–Trinajstić information content (AvgIpc) is 3.06. The van der Waals surface area contributed by atoms with Gasteiger partial charge in [-0.05, 0) is 66.1 Å². The van der Waals surface area contributed by atoms with Crippen LogP contribution in [0.3, 0.4) is 0 Å². The summed E-state index contributed by atoms with van der Waals surface area (Å²) in [5.74, 6) is 2.32. The third-order valence-electron chi connectivity index (χ3n) is 8.95. The largest absolute Gasteiger partial charge is 0.511 e. The maximum Gasteiger partial charge on any atom is 0.181 e. The SMILES string of the molecule is C[C@H]1CN(C)CCCN1c1cc(N2CCN(C)CC2)nc(C(=N)C2=C(O)[C@]3(CCCCC3=O)CCC2)n1. The summed E-state index contributed by atoms with van der Waals surface area (Å²) in [4.78, 5) is 32.2. The number of aliphatic hydroxyl groups is 1. The Morgan fingerprint density at radius 2 is 1.68 bits per heavy atom. The van der Waals surface area contributed by atoms with E-state index in [1.807, 2.05) is 0 Å². The maximum absolute atomic E-state index is 13.0. The minimum absolute atomic E-state index is 0.119. The summed E-state index contributed by atoms with van der Waals surface area (Å²) >= 11 is 0. The van der Waals surface area contributed by atoms with Crippen molar-refractivity contribution in [3.05, 3.63) is 23.2 Å². The summed E-state index contributed by atoms with van der Waals surface area (Å²) in [5, 5.41) is 20.6. The number of hydrogen-bond acceptors (Lipinski definition) is 9. The normalized spacial score (nSPS) is 28.6. The van der Waals surface area contributed by atoms with Crippen LogP contribution in [0, 0.1) is 10.8 Å². The molecule has 1 aromatic heterocycles. The van der Waals surface area contributed by atoms with E-state index in [0.29, 0.717) is 37.1 Å². The van der Waals surface area contributed by atoms with Gasteiger partial charge in [0, 0.05) is 63.4 Å². The minimum atomic E-state index is -0.806. The second-order valence-corrected chi connectivity index (χ2v) is 11.6. The zero-order valence-electron chi connectivity index (χ0n) is 22.8. The number of likely N-dealkylation sites (N-methyl/N-ethyl adjacent to an activating group) is 2. The Labute approximate surface area is 221 Å². The molecule has 1 aromatic rings. The molecular weight excluding hydrogens is 466 g/mol. The van der Waals surface area contributed by atoms with Crippen molar-refractivity contribution in [2.24, 2.45) is 5.41 Å². The zero-order chi connectivity index (χ0) is 26.2. The number of carbonyl (C=O) groups is 1. The first kappa shape index (κ1) is 26.1. The topological polar surface area (TPSA) is 99.9 Å². The molecule has 3 fully saturated rings. The molecule has 2 saturated heterocycles. The first-order chi connectivity index (χ1) is 17.8. The highest BCUT2D eigenvalue weighted by Crippen LogP contribution is 2.48. The molecule has 3 heterocycles. The minimum Gasteiger partial charge on any atom is -0.511 e. The lowest BCUT2D eigenvalue weighted by atomic mass is 9.64. The van der Waals surface area contributed by atoms with Gasteiger partial charge in [0.2, 0.25) is 0 Å². The predicted octanol–water partition coefficient (Wildman–Crippen LogP) is 3.25. The van der Waals surface area contributed by atoms with Crippen LogP contribution in [0.15, 0.2) is 17.4 Å². The van der Waals surface area contributed by atoms with E-state index in [1.54, 1.807) is 0 Å². The number of rotatable bonds is 4. The van der Waals surface area contributed by atoms with Gasteiger partial charge in [0.1, 0.15) is 28.9 Å². The van der Waals surface area contributed by atoms with Crippen LogP contribution in [0.25, 0.3) is 0 Å². The van der Waals surface area contributed by atoms with Gasteiger partial charge in [-0.1, -0.05) is 6.42 Å². The highest BCUT2D eigenvalue weighted by molar-refractivity contribution is 6.09. The van der Waals surface area contributed by atoms with Crippen LogP contribution in [-0.4, -0.2) is 102 Å². The average molecular weight is 510 g/mol.